The fraction of sp³-hybridized carbons (Fsp3) is 0.440. The average molecular weight is 528 g/mol. The molecule has 0 aliphatic heterocycles. The number of unbranched alkanes of at least 4 members (excludes halogenated alkanes) is 8. The normalized spacial score (nSPS) is 11.5. The van der Waals surface area contributed by atoms with Gasteiger partial charge in [-0.3, -0.25) is 9.59 Å². The van der Waals surface area contributed by atoms with Gasteiger partial charge >= 0.3 is 5.97 Å². The highest BCUT2D eigenvalue weighted by molar-refractivity contribution is 7.89. The van der Waals surface area contributed by atoms with Crippen LogP contribution in [-0.2, 0) is 14.8 Å². The topological polar surface area (TPSA) is 101 Å². The van der Waals surface area contributed by atoms with Crippen LogP contribution in [0, 0.1) is 0 Å². The average Bonchev–Trinajstić information content (AvgIpc) is 2.79. The van der Waals surface area contributed by atoms with Crippen molar-refractivity contribution >= 4 is 45.0 Å². The summed E-state index contributed by atoms with van der Waals surface area (Å²) in [6, 6.07) is 10.4. The SMILES string of the molecule is O=C(O)CCCCCCCCCCCNS(=O)(=O)c1ccc(Cl)cc1C(=O)c1ccc(Cl)cc1. The Balaban J connectivity index is 1.79. The van der Waals surface area contributed by atoms with E-state index in [-0.39, 0.29) is 28.4 Å². The first-order valence-corrected chi connectivity index (χ1v) is 13.8. The van der Waals surface area contributed by atoms with Crippen LogP contribution in [0.2, 0.25) is 10.0 Å². The molecule has 2 aromatic rings. The Labute approximate surface area is 211 Å². The van der Waals surface area contributed by atoms with E-state index in [0.29, 0.717) is 17.0 Å². The van der Waals surface area contributed by atoms with Crippen LogP contribution in [0.15, 0.2) is 47.4 Å². The molecule has 6 nitrogen and oxygen atoms in total. The number of hydrogen-bond acceptors (Lipinski definition) is 4. The fourth-order valence-electron chi connectivity index (χ4n) is 3.59. The van der Waals surface area contributed by atoms with Crippen molar-refractivity contribution in [1.82, 2.24) is 4.72 Å². The quantitative estimate of drug-likeness (QED) is 0.192. The van der Waals surface area contributed by atoms with Crippen LogP contribution in [0.3, 0.4) is 0 Å². The molecule has 0 amide bonds. The zero-order valence-electron chi connectivity index (χ0n) is 19.1. The number of aliphatic carboxylic acids is 1. The van der Waals surface area contributed by atoms with Gasteiger partial charge in [0.15, 0.2) is 5.78 Å². The zero-order chi connectivity index (χ0) is 25.0. The predicted octanol–water partition coefficient (Wildman–Crippen LogP) is 6.49. The number of carbonyl (C=O) groups is 2. The molecule has 0 atom stereocenters. The second-order valence-electron chi connectivity index (χ2n) is 8.20. The Morgan fingerprint density at radius 1 is 0.765 bits per heavy atom. The molecular weight excluding hydrogens is 497 g/mol. The van der Waals surface area contributed by atoms with E-state index in [4.69, 9.17) is 28.3 Å². The maximum absolute atomic E-state index is 12.9. The van der Waals surface area contributed by atoms with Gasteiger partial charge in [0.2, 0.25) is 10.0 Å². The molecule has 0 heterocycles. The number of carbonyl (C=O) groups excluding carboxylic acids is 1. The highest BCUT2D eigenvalue weighted by Gasteiger charge is 2.23. The summed E-state index contributed by atoms with van der Waals surface area (Å²) in [5, 5.41) is 9.36. The Morgan fingerprint density at radius 2 is 1.29 bits per heavy atom. The fourth-order valence-corrected chi connectivity index (χ4v) is 5.15. The first kappa shape index (κ1) is 28.3. The number of sulfonamides is 1. The van der Waals surface area contributed by atoms with Crippen LogP contribution in [-0.4, -0.2) is 31.8 Å². The molecule has 0 unspecified atom stereocenters. The third-order valence-corrected chi connectivity index (χ3v) is 7.45. The Morgan fingerprint density at radius 3 is 1.88 bits per heavy atom. The van der Waals surface area contributed by atoms with E-state index in [1.807, 2.05) is 0 Å². The van der Waals surface area contributed by atoms with E-state index in [9.17, 15) is 18.0 Å². The Kier molecular flexibility index (Phi) is 12.0. The summed E-state index contributed by atoms with van der Waals surface area (Å²) < 4.78 is 28.4. The van der Waals surface area contributed by atoms with Gasteiger partial charge in [0.25, 0.3) is 0 Å². The Hall–Kier alpha value is -1.93. The lowest BCUT2D eigenvalue weighted by Gasteiger charge is -2.12. The summed E-state index contributed by atoms with van der Waals surface area (Å²) in [6.45, 7) is 0.286. The van der Waals surface area contributed by atoms with Gasteiger partial charge < -0.3 is 5.11 Å². The standard InChI is InChI=1S/C25H31Cl2NO5S/c26-20-13-11-19(12-14-20)25(31)22-18-21(27)15-16-23(22)34(32,33)28-17-9-7-5-3-1-2-4-6-8-10-24(29)30/h11-16,18,28H,1-10,17H2,(H,29,30). The van der Waals surface area contributed by atoms with Crippen LogP contribution in [0.25, 0.3) is 0 Å². The van der Waals surface area contributed by atoms with E-state index in [1.165, 1.54) is 18.2 Å². The van der Waals surface area contributed by atoms with Gasteiger partial charge in [-0.1, -0.05) is 68.1 Å². The summed E-state index contributed by atoms with van der Waals surface area (Å²) >= 11 is 11.9. The number of benzene rings is 2. The van der Waals surface area contributed by atoms with Crippen molar-refractivity contribution < 1.29 is 23.1 Å². The summed E-state index contributed by atoms with van der Waals surface area (Å²) in [6.07, 6.45) is 8.84. The number of halogens is 2. The lowest BCUT2D eigenvalue weighted by molar-refractivity contribution is -0.137. The molecule has 0 radical (unpaired) electrons. The molecular formula is C25H31Cl2NO5S. The minimum absolute atomic E-state index is 0.0191. The van der Waals surface area contributed by atoms with Crippen LogP contribution >= 0.6 is 23.2 Å². The highest BCUT2D eigenvalue weighted by Crippen LogP contribution is 2.24. The number of rotatable bonds is 16. The minimum atomic E-state index is -3.88. The van der Waals surface area contributed by atoms with E-state index >= 15 is 0 Å². The molecule has 0 aromatic heterocycles. The number of carboxylic acids is 1. The lowest BCUT2D eigenvalue weighted by Crippen LogP contribution is -2.26. The molecule has 9 heteroatoms. The minimum Gasteiger partial charge on any atom is -0.481 e. The van der Waals surface area contributed by atoms with Crippen LogP contribution in [0.4, 0.5) is 0 Å². The van der Waals surface area contributed by atoms with E-state index in [2.05, 4.69) is 4.72 Å². The maximum Gasteiger partial charge on any atom is 0.303 e. The second kappa shape index (κ2) is 14.5. The molecule has 2 N–H and O–H groups in total. The predicted molar refractivity (Wildman–Crippen MR) is 135 cm³/mol. The van der Waals surface area contributed by atoms with E-state index in [1.54, 1.807) is 24.3 Å². The Bertz CT molecular complexity index is 1060. The van der Waals surface area contributed by atoms with Crippen molar-refractivity contribution in [3.05, 3.63) is 63.6 Å². The van der Waals surface area contributed by atoms with Crippen molar-refractivity contribution in [2.24, 2.45) is 0 Å². The van der Waals surface area contributed by atoms with Gasteiger partial charge in [0.05, 0.1) is 4.90 Å². The molecule has 186 valence electrons. The van der Waals surface area contributed by atoms with Crippen LogP contribution in [0.1, 0.15) is 80.1 Å². The smallest absolute Gasteiger partial charge is 0.303 e. The molecule has 0 saturated carbocycles. The molecule has 0 aliphatic rings. The monoisotopic (exact) mass is 527 g/mol. The third-order valence-electron chi connectivity index (χ3n) is 5.44. The number of ketones is 1. The van der Waals surface area contributed by atoms with Crippen molar-refractivity contribution in [1.29, 1.82) is 0 Å². The van der Waals surface area contributed by atoms with Crippen LogP contribution in [0.5, 0.6) is 0 Å². The van der Waals surface area contributed by atoms with Crippen molar-refractivity contribution in [2.45, 2.75) is 69.1 Å². The molecule has 2 aromatic carbocycles. The van der Waals surface area contributed by atoms with Crippen molar-refractivity contribution in [2.75, 3.05) is 6.54 Å². The van der Waals surface area contributed by atoms with Gasteiger partial charge in [-0.15, -0.1) is 0 Å². The van der Waals surface area contributed by atoms with E-state index in [0.717, 1.165) is 51.4 Å². The third kappa shape index (κ3) is 9.74. The molecule has 0 spiro atoms. The maximum atomic E-state index is 12.9. The van der Waals surface area contributed by atoms with Crippen LogP contribution < -0.4 is 4.72 Å². The number of carboxylic acid groups (broad SMARTS) is 1. The highest BCUT2D eigenvalue weighted by atomic mass is 35.5. The van der Waals surface area contributed by atoms with Gasteiger partial charge in [-0.25, -0.2) is 13.1 Å². The summed E-state index contributed by atoms with van der Waals surface area (Å²) in [5.74, 6) is -1.18. The summed E-state index contributed by atoms with van der Waals surface area (Å²) in [4.78, 5) is 23.3. The second-order valence-corrected chi connectivity index (χ2v) is 10.8. The van der Waals surface area contributed by atoms with Crippen molar-refractivity contribution in [3.8, 4) is 0 Å². The number of hydrogen-bond donors (Lipinski definition) is 2. The molecule has 0 fully saturated rings. The summed E-state index contributed by atoms with van der Waals surface area (Å²) in [7, 11) is -3.88. The van der Waals surface area contributed by atoms with Crippen molar-refractivity contribution in [3.63, 3.8) is 0 Å². The van der Waals surface area contributed by atoms with Gasteiger partial charge in [-0.05, 0) is 55.3 Å². The molecule has 2 rings (SSSR count). The van der Waals surface area contributed by atoms with Gasteiger partial charge in [0.1, 0.15) is 0 Å². The van der Waals surface area contributed by atoms with Gasteiger partial charge in [-0.2, -0.15) is 0 Å². The largest absolute Gasteiger partial charge is 0.481 e. The van der Waals surface area contributed by atoms with E-state index < -0.39 is 21.8 Å². The number of nitrogens with one attached hydrogen (secondary N) is 1. The summed E-state index contributed by atoms with van der Waals surface area (Å²) in [5.41, 5.74) is 0.343. The van der Waals surface area contributed by atoms with Gasteiger partial charge in [0, 0.05) is 34.1 Å². The zero-order valence-corrected chi connectivity index (χ0v) is 21.4. The molecule has 0 aliphatic carbocycles. The molecule has 34 heavy (non-hydrogen) atoms. The first-order chi connectivity index (χ1) is 16.2. The first-order valence-electron chi connectivity index (χ1n) is 11.5. The molecule has 0 saturated heterocycles. The lowest BCUT2D eigenvalue weighted by atomic mass is 10.0. The molecule has 0 bridgehead atoms.